The number of alkyl carbamates (subject to hydrolysis) is 1. The summed E-state index contributed by atoms with van der Waals surface area (Å²) in [5, 5.41) is 5.28. The molecule has 0 fully saturated rings. The second-order valence-electron chi connectivity index (χ2n) is 12.1. The van der Waals surface area contributed by atoms with Crippen LogP contribution in [0.15, 0.2) is 18.2 Å². The smallest absolute Gasteiger partial charge is 0.408 e. The van der Waals surface area contributed by atoms with Gasteiger partial charge in [-0.3, -0.25) is 19.2 Å². The normalized spacial score (nSPS) is 13.5. The van der Waals surface area contributed by atoms with Crippen LogP contribution in [0.3, 0.4) is 0 Å². The lowest BCUT2D eigenvalue weighted by molar-refractivity contribution is -0.146. The van der Waals surface area contributed by atoms with Crippen molar-refractivity contribution in [3.8, 4) is 0 Å². The molecule has 1 rings (SSSR count). The largest absolute Gasteiger partial charge is 0.466 e. The molecule has 42 heavy (non-hydrogen) atoms. The zero-order valence-electron chi connectivity index (χ0n) is 26.7. The maximum Gasteiger partial charge on any atom is 0.408 e. The molecular formula is C31H50N4O7. The summed E-state index contributed by atoms with van der Waals surface area (Å²) < 4.78 is 10.3. The summed E-state index contributed by atoms with van der Waals surface area (Å²) in [7, 11) is 0. The van der Waals surface area contributed by atoms with Gasteiger partial charge in [0.05, 0.1) is 19.4 Å². The lowest BCUT2D eigenvalue weighted by Crippen LogP contribution is -2.56. The molecule has 4 amide bonds. The minimum Gasteiger partial charge on any atom is -0.466 e. The molecule has 1 aromatic carbocycles. The monoisotopic (exact) mass is 590 g/mol. The van der Waals surface area contributed by atoms with Crippen LogP contribution in [0.4, 0.5) is 4.79 Å². The summed E-state index contributed by atoms with van der Waals surface area (Å²) in [6.07, 6.45) is -0.111. The summed E-state index contributed by atoms with van der Waals surface area (Å²) in [6, 6.07) is 2.62. The molecule has 0 spiro atoms. The maximum atomic E-state index is 14.3. The molecule has 1 aromatic rings. The highest BCUT2D eigenvalue weighted by Gasteiger charge is 2.39. The number of aryl methyl sites for hydroxylation is 2. The van der Waals surface area contributed by atoms with Gasteiger partial charge in [-0.1, -0.05) is 43.2 Å². The average Bonchev–Trinajstić information content (AvgIpc) is 2.82. The van der Waals surface area contributed by atoms with Crippen molar-refractivity contribution >= 4 is 29.8 Å². The van der Waals surface area contributed by atoms with Crippen molar-refractivity contribution in [2.75, 3.05) is 13.2 Å². The van der Waals surface area contributed by atoms with Crippen LogP contribution < -0.4 is 16.4 Å². The number of primary amides is 1. The molecule has 0 saturated heterocycles. The first kappa shape index (κ1) is 36.4. The zero-order valence-corrected chi connectivity index (χ0v) is 26.7. The van der Waals surface area contributed by atoms with Gasteiger partial charge in [-0.05, 0) is 72.8 Å². The van der Waals surface area contributed by atoms with Gasteiger partial charge in [0.15, 0.2) is 0 Å². The van der Waals surface area contributed by atoms with Crippen LogP contribution >= 0.6 is 0 Å². The van der Waals surface area contributed by atoms with Crippen molar-refractivity contribution in [3.63, 3.8) is 0 Å². The third-order valence-electron chi connectivity index (χ3n) is 6.31. The third-order valence-corrected chi connectivity index (χ3v) is 6.31. The lowest BCUT2D eigenvalue weighted by Gasteiger charge is -2.39. The predicted octanol–water partition coefficient (Wildman–Crippen LogP) is 3.84. The number of carbonyl (C=O) groups excluding carboxylic acids is 5. The van der Waals surface area contributed by atoms with Gasteiger partial charge in [0.25, 0.3) is 0 Å². The minimum atomic E-state index is -1.38. The van der Waals surface area contributed by atoms with E-state index in [2.05, 4.69) is 24.5 Å². The van der Waals surface area contributed by atoms with E-state index in [9.17, 15) is 24.0 Å². The van der Waals surface area contributed by atoms with Crippen LogP contribution in [0.5, 0.6) is 0 Å². The zero-order chi connectivity index (χ0) is 32.2. The highest BCUT2D eigenvalue weighted by atomic mass is 16.6. The second-order valence-corrected chi connectivity index (χ2v) is 12.1. The highest BCUT2D eigenvalue weighted by molar-refractivity contribution is 5.94. The number of nitrogens with two attached hydrogens (primary N) is 1. The first-order valence-corrected chi connectivity index (χ1v) is 14.6. The first-order chi connectivity index (χ1) is 19.4. The van der Waals surface area contributed by atoms with Crippen LogP contribution in [0.2, 0.25) is 0 Å². The van der Waals surface area contributed by atoms with E-state index in [4.69, 9.17) is 15.2 Å². The number of nitrogens with zero attached hydrogens (tertiary/aromatic N) is 1. The molecule has 0 radical (unpaired) electrons. The summed E-state index contributed by atoms with van der Waals surface area (Å²) in [4.78, 5) is 66.3. The molecule has 0 aliphatic rings. The summed E-state index contributed by atoms with van der Waals surface area (Å²) in [6.45, 7) is 16.7. The van der Waals surface area contributed by atoms with E-state index >= 15 is 0 Å². The van der Waals surface area contributed by atoms with Crippen LogP contribution in [0, 0.1) is 19.8 Å². The van der Waals surface area contributed by atoms with Gasteiger partial charge in [0.1, 0.15) is 17.7 Å². The molecule has 236 valence electrons. The van der Waals surface area contributed by atoms with Crippen LogP contribution in [0.1, 0.15) is 96.9 Å². The summed E-state index contributed by atoms with van der Waals surface area (Å²) in [5.74, 6) is -2.10. The Kier molecular flexibility index (Phi) is 14.5. The molecule has 0 saturated carbocycles. The SMILES string of the molecule is CCOC(=O)CCNC(=O)C(c1cc(C)cc(C)c1)N(C(=O)C(CC(N)=O)NC(=O)OC(C)(C)C)C(C)CCC(C)C. The van der Waals surface area contributed by atoms with Crippen molar-refractivity contribution in [2.24, 2.45) is 11.7 Å². The van der Waals surface area contributed by atoms with E-state index in [1.807, 2.05) is 39.0 Å². The first-order valence-electron chi connectivity index (χ1n) is 14.6. The second kappa shape index (κ2) is 16.7. The fraction of sp³-hybridized carbons (Fsp3) is 0.645. The number of esters is 1. The van der Waals surface area contributed by atoms with Crippen LogP contribution in [-0.2, 0) is 28.7 Å². The van der Waals surface area contributed by atoms with E-state index in [0.717, 1.165) is 17.5 Å². The predicted molar refractivity (Wildman–Crippen MR) is 160 cm³/mol. The van der Waals surface area contributed by atoms with Gasteiger partial charge in [0, 0.05) is 12.6 Å². The Morgan fingerprint density at radius 2 is 1.57 bits per heavy atom. The van der Waals surface area contributed by atoms with E-state index in [1.54, 1.807) is 27.7 Å². The number of benzene rings is 1. The van der Waals surface area contributed by atoms with Gasteiger partial charge in [-0.2, -0.15) is 0 Å². The number of ether oxygens (including phenoxy) is 2. The van der Waals surface area contributed by atoms with Crippen LogP contribution in [0.25, 0.3) is 0 Å². The topological polar surface area (TPSA) is 157 Å². The average molecular weight is 591 g/mol. The molecule has 3 atom stereocenters. The molecule has 0 heterocycles. The Labute approximate surface area is 250 Å². The number of amides is 4. The van der Waals surface area contributed by atoms with E-state index < -0.39 is 59.9 Å². The van der Waals surface area contributed by atoms with Crippen LogP contribution in [-0.4, -0.2) is 65.5 Å². The summed E-state index contributed by atoms with van der Waals surface area (Å²) in [5.41, 5.74) is 6.97. The maximum absolute atomic E-state index is 14.3. The minimum absolute atomic E-state index is 0.00223. The van der Waals surface area contributed by atoms with Crippen molar-refractivity contribution in [1.82, 2.24) is 15.5 Å². The number of hydrogen-bond acceptors (Lipinski definition) is 7. The van der Waals surface area contributed by atoms with Crippen molar-refractivity contribution in [3.05, 3.63) is 34.9 Å². The van der Waals surface area contributed by atoms with Gasteiger partial charge in [0.2, 0.25) is 17.7 Å². The number of hydrogen-bond donors (Lipinski definition) is 3. The molecule has 0 bridgehead atoms. The van der Waals surface area contributed by atoms with E-state index in [1.165, 1.54) is 4.90 Å². The Balaban J connectivity index is 3.65. The Hall–Kier alpha value is -3.63. The van der Waals surface area contributed by atoms with Gasteiger partial charge >= 0.3 is 12.1 Å². The lowest BCUT2D eigenvalue weighted by atomic mass is 9.95. The third kappa shape index (κ3) is 12.9. The van der Waals surface area contributed by atoms with E-state index in [0.29, 0.717) is 17.9 Å². The molecule has 0 aromatic heterocycles. The molecule has 11 nitrogen and oxygen atoms in total. The van der Waals surface area contributed by atoms with Gasteiger partial charge in [-0.15, -0.1) is 0 Å². The number of nitrogens with one attached hydrogen (secondary N) is 2. The number of rotatable bonds is 15. The highest BCUT2D eigenvalue weighted by Crippen LogP contribution is 2.29. The molecular weight excluding hydrogens is 540 g/mol. The molecule has 4 N–H and O–H groups in total. The molecule has 11 heteroatoms. The van der Waals surface area contributed by atoms with Crippen molar-refractivity contribution in [2.45, 2.75) is 112 Å². The Morgan fingerprint density at radius 1 is 0.976 bits per heavy atom. The van der Waals surface area contributed by atoms with Crippen molar-refractivity contribution in [1.29, 1.82) is 0 Å². The van der Waals surface area contributed by atoms with Gasteiger partial charge < -0.3 is 30.7 Å². The van der Waals surface area contributed by atoms with E-state index in [-0.39, 0.29) is 19.6 Å². The van der Waals surface area contributed by atoms with Gasteiger partial charge in [-0.25, -0.2) is 4.79 Å². The Bertz CT molecular complexity index is 1080. The quantitative estimate of drug-likeness (QED) is 0.262. The summed E-state index contributed by atoms with van der Waals surface area (Å²) >= 11 is 0. The molecule has 0 aliphatic carbocycles. The fourth-order valence-electron chi connectivity index (χ4n) is 4.57. The molecule has 3 unspecified atom stereocenters. The molecule has 0 aliphatic heterocycles. The Morgan fingerprint density at radius 3 is 2.07 bits per heavy atom. The number of carbonyl (C=O) groups is 5. The fourth-order valence-corrected chi connectivity index (χ4v) is 4.57. The standard InChI is InChI=1S/C31H50N4O7/c1-10-41-26(37)13-14-33-28(38)27(23-16-20(4)15-21(5)17-23)35(22(6)12-11-19(2)3)29(39)24(18-25(32)36)34-30(40)42-31(7,8)9/h15-17,19,22,24,27H,10-14,18H2,1-9H3,(H2,32,36)(H,33,38)(H,34,40). The van der Waals surface area contributed by atoms with Crippen molar-refractivity contribution < 1.29 is 33.4 Å².